The predicted octanol–water partition coefficient (Wildman–Crippen LogP) is 4.93. The number of amidine groups is 1. The Labute approximate surface area is 203 Å². The van der Waals surface area contributed by atoms with Gasteiger partial charge in [0.05, 0.1) is 10.7 Å². The molecule has 0 saturated carbocycles. The Morgan fingerprint density at radius 2 is 1.59 bits per heavy atom. The van der Waals surface area contributed by atoms with E-state index in [9.17, 15) is 13.2 Å². The van der Waals surface area contributed by atoms with Gasteiger partial charge in [0.1, 0.15) is 10.6 Å². The second-order valence-corrected chi connectivity index (χ2v) is 10.1. The molecule has 1 fully saturated rings. The van der Waals surface area contributed by atoms with E-state index in [1.807, 2.05) is 29.2 Å². The summed E-state index contributed by atoms with van der Waals surface area (Å²) >= 11 is 6.21. The summed E-state index contributed by atoms with van der Waals surface area (Å²) < 4.78 is 34.7. The molecule has 0 unspecified atom stereocenters. The Hall–Kier alpha value is -3.36. The number of nitrogens with one attached hydrogen (secondary N) is 1. The van der Waals surface area contributed by atoms with Crippen LogP contribution in [0.3, 0.4) is 0 Å². The summed E-state index contributed by atoms with van der Waals surface area (Å²) in [4.78, 5) is 15.2. The first kappa shape index (κ1) is 22.4. The van der Waals surface area contributed by atoms with E-state index in [0.29, 0.717) is 59.5 Å². The summed E-state index contributed by atoms with van der Waals surface area (Å²) in [6.45, 7) is 1.08. The van der Waals surface area contributed by atoms with Gasteiger partial charge in [0.2, 0.25) is 5.91 Å². The van der Waals surface area contributed by atoms with Gasteiger partial charge < -0.3 is 15.0 Å². The number of sulfonamides is 1. The van der Waals surface area contributed by atoms with Crippen molar-refractivity contribution in [3.05, 3.63) is 83.4 Å². The molecule has 2 aliphatic heterocycles. The van der Waals surface area contributed by atoms with Gasteiger partial charge in [0.15, 0.2) is 11.6 Å². The van der Waals surface area contributed by atoms with Crippen LogP contribution in [0.1, 0.15) is 18.4 Å². The lowest BCUT2D eigenvalue weighted by molar-refractivity contribution is -0.121. The highest BCUT2D eigenvalue weighted by Gasteiger charge is 2.34. The number of ether oxygens (including phenoxy) is 1. The van der Waals surface area contributed by atoms with Crippen molar-refractivity contribution in [1.29, 1.82) is 0 Å². The van der Waals surface area contributed by atoms with Crippen LogP contribution in [0.5, 0.6) is 11.5 Å². The van der Waals surface area contributed by atoms with E-state index in [4.69, 9.17) is 16.3 Å². The number of para-hydroxylation sites is 3. The van der Waals surface area contributed by atoms with Gasteiger partial charge in [-0.25, -0.2) is 0 Å². The lowest BCUT2D eigenvalue weighted by Gasteiger charge is -2.32. The van der Waals surface area contributed by atoms with Crippen LogP contribution in [-0.4, -0.2) is 38.2 Å². The number of benzene rings is 3. The third-order valence-corrected chi connectivity index (χ3v) is 7.62. The van der Waals surface area contributed by atoms with Crippen LogP contribution < -0.4 is 10.1 Å². The summed E-state index contributed by atoms with van der Waals surface area (Å²) in [5, 5.41) is 3.46. The van der Waals surface area contributed by atoms with Gasteiger partial charge in [-0.05, 0) is 49.2 Å². The normalized spacial score (nSPS) is 17.1. The summed E-state index contributed by atoms with van der Waals surface area (Å²) in [6.07, 6.45) is 1.17. The van der Waals surface area contributed by atoms with E-state index in [2.05, 4.69) is 9.71 Å². The van der Waals surface area contributed by atoms with Crippen molar-refractivity contribution in [3.63, 3.8) is 0 Å². The molecule has 1 amide bonds. The highest BCUT2D eigenvalue weighted by molar-refractivity contribution is 7.90. The molecule has 5 rings (SSSR count). The van der Waals surface area contributed by atoms with Crippen molar-refractivity contribution >= 4 is 39.1 Å². The maximum atomic E-state index is 13.0. The van der Waals surface area contributed by atoms with E-state index in [0.717, 1.165) is 0 Å². The number of piperidine rings is 1. The Kier molecular flexibility index (Phi) is 6.02. The Balaban J connectivity index is 1.25. The standard InChI is InChI=1S/C25H22ClN3O4S/c26-19-8-2-4-10-21(19)33-22-11-5-3-9-20(22)27-25(30)17-13-15-29(16-14-17)24-18-7-1-6-12-23(18)34(31,32)28-24/h1-12,17H,13-16H2,(H,27,30). The minimum absolute atomic E-state index is 0.101. The van der Waals surface area contributed by atoms with Crippen molar-refractivity contribution in [2.45, 2.75) is 17.7 Å². The monoisotopic (exact) mass is 495 g/mol. The molecule has 0 aliphatic carbocycles. The lowest BCUT2D eigenvalue weighted by atomic mass is 9.95. The van der Waals surface area contributed by atoms with Crippen molar-refractivity contribution in [2.24, 2.45) is 10.3 Å². The molecular formula is C25H22ClN3O4S. The third-order valence-electron chi connectivity index (χ3n) is 5.98. The molecule has 0 atom stereocenters. The summed E-state index contributed by atoms with van der Waals surface area (Å²) in [7, 11) is -3.66. The molecule has 34 heavy (non-hydrogen) atoms. The molecule has 7 nitrogen and oxygen atoms in total. The highest BCUT2D eigenvalue weighted by atomic mass is 35.5. The molecule has 3 aromatic carbocycles. The molecular weight excluding hydrogens is 474 g/mol. The average Bonchev–Trinajstić information content (AvgIpc) is 3.13. The number of anilines is 1. The number of fused-ring (bicyclic) bond motifs is 1. The first-order valence-corrected chi connectivity index (χ1v) is 12.8. The second-order valence-electron chi connectivity index (χ2n) is 8.17. The number of hydrogen-bond acceptors (Lipinski definition) is 5. The van der Waals surface area contributed by atoms with E-state index in [-0.39, 0.29) is 16.7 Å². The maximum absolute atomic E-state index is 13.0. The predicted molar refractivity (Wildman–Crippen MR) is 131 cm³/mol. The second kappa shape index (κ2) is 9.12. The van der Waals surface area contributed by atoms with Crippen LogP contribution >= 0.6 is 11.6 Å². The molecule has 3 aromatic rings. The number of nitrogens with zero attached hydrogens (tertiary/aromatic N) is 2. The van der Waals surface area contributed by atoms with Crippen LogP contribution in [-0.2, 0) is 14.8 Å². The van der Waals surface area contributed by atoms with Crippen LogP contribution in [0.2, 0.25) is 5.02 Å². The third kappa shape index (κ3) is 4.38. The molecule has 0 radical (unpaired) electrons. The smallest absolute Gasteiger partial charge is 0.285 e. The number of halogens is 1. The molecule has 1 N–H and O–H groups in total. The highest BCUT2D eigenvalue weighted by Crippen LogP contribution is 2.34. The first-order chi connectivity index (χ1) is 16.4. The first-order valence-electron chi connectivity index (χ1n) is 10.9. The van der Waals surface area contributed by atoms with E-state index >= 15 is 0 Å². The number of carbonyl (C=O) groups is 1. The summed E-state index contributed by atoms with van der Waals surface area (Å²) in [6, 6.07) is 21.2. The zero-order chi connectivity index (χ0) is 23.7. The lowest BCUT2D eigenvalue weighted by Crippen LogP contribution is -2.41. The fourth-order valence-electron chi connectivity index (χ4n) is 4.21. The largest absolute Gasteiger partial charge is 0.454 e. The zero-order valence-electron chi connectivity index (χ0n) is 18.1. The maximum Gasteiger partial charge on any atom is 0.285 e. The van der Waals surface area contributed by atoms with Gasteiger partial charge in [0.25, 0.3) is 10.0 Å². The van der Waals surface area contributed by atoms with E-state index in [1.54, 1.807) is 48.5 Å². The van der Waals surface area contributed by atoms with Gasteiger partial charge in [0, 0.05) is 24.6 Å². The zero-order valence-corrected chi connectivity index (χ0v) is 19.7. The number of rotatable bonds is 4. The molecule has 0 spiro atoms. The molecule has 0 bridgehead atoms. The topological polar surface area (TPSA) is 88.1 Å². The van der Waals surface area contributed by atoms with Crippen LogP contribution in [0.25, 0.3) is 0 Å². The minimum Gasteiger partial charge on any atom is -0.454 e. The van der Waals surface area contributed by atoms with Gasteiger partial charge in [-0.3, -0.25) is 4.79 Å². The van der Waals surface area contributed by atoms with Crippen LogP contribution in [0.4, 0.5) is 5.69 Å². The molecule has 2 aliphatic rings. The van der Waals surface area contributed by atoms with Gasteiger partial charge in [-0.15, -0.1) is 4.40 Å². The minimum atomic E-state index is -3.66. The van der Waals surface area contributed by atoms with Gasteiger partial charge >= 0.3 is 0 Å². The van der Waals surface area contributed by atoms with Crippen molar-refractivity contribution in [2.75, 3.05) is 18.4 Å². The quantitative estimate of drug-likeness (QED) is 0.554. The summed E-state index contributed by atoms with van der Waals surface area (Å²) in [5.41, 5.74) is 1.19. The fraction of sp³-hybridized carbons (Fsp3) is 0.200. The molecule has 174 valence electrons. The Morgan fingerprint density at radius 1 is 0.941 bits per heavy atom. The van der Waals surface area contributed by atoms with Gasteiger partial charge in [-0.1, -0.05) is 48.0 Å². The van der Waals surface area contributed by atoms with E-state index < -0.39 is 10.0 Å². The van der Waals surface area contributed by atoms with Gasteiger partial charge in [-0.2, -0.15) is 8.42 Å². The number of hydrogen-bond donors (Lipinski definition) is 1. The molecule has 0 aromatic heterocycles. The summed E-state index contributed by atoms with van der Waals surface area (Å²) in [5.74, 6) is 1.16. The number of carbonyl (C=O) groups excluding carboxylic acids is 1. The van der Waals surface area contributed by atoms with Crippen molar-refractivity contribution in [3.8, 4) is 11.5 Å². The van der Waals surface area contributed by atoms with Crippen molar-refractivity contribution < 1.29 is 17.9 Å². The molecule has 9 heteroatoms. The average molecular weight is 496 g/mol. The van der Waals surface area contributed by atoms with Crippen molar-refractivity contribution in [1.82, 2.24) is 4.90 Å². The molecule has 2 heterocycles. The Bertz CT molecular complexity index is 1380. The van der Waals surface area contributed by atoms with Crippen LogP contribution in [0, 0.1) is 5.92 Å². The number of likely N-dealkylation sites (tertiary alicyclic amines) is 1. The Morgan fingerprint density at radius 3 is 2.35 bits per heavy atom. The molecule has 1 saturated heterocycles. The van der Waals surface area contributed by atoms with Crippen LogP contribution in [0.15, 0.2) is 82.1 Å². The fourth-order valence-corrected chi connectivity index (χ4v) is 5.61. The van der Waals surface area contributed by atoms with E-state index in [1.165, 1.54) is 0 Å². The number of amides is 1. The SMILES string of the molecule is O=C(Nc1ccccc1Oc1ccccc1Cl)C1CCN(C2=NS(=O)(=O)c3ccccc32)CC1.